The molecule has 1 aliphatic heterocycles. The predicted octanol–water partition coefficient (Wildman–Crippen LogP) is 1.59. The van der Waals surface area contributed by atoms with Crippen LogP contribution in [0.4, 0.5) is 0 Å². The van der Waals surface area contributed by atoms with E-state index in [0.717, 1.165) is 15.4 Å². The summed E-state index contributed by atoms with van der Waals surface area (Å²) >= 11 is 0. The minimum Gasteiger partial charge on any atom is -0.480 e. The molecule has 2 aromatic rings. The zero-order chi connectivity index (χ0) is 25.8. The van der Waals surface area contributed by atoms with Crippen LogP contribution in [-0.4, -0.2) is 73.2 Å². The Balaban J connectivity index is 1.69. The van der Waals surface area contributed by atoms with Crippen LogP contribution >= 0.6 is 0 Å². The summed E-state index contributed by atoms with van der Waals surface area (Å²) in [6.45, 7) is 2.05. The standard InChI is InChI=1S/C25H31N3O6S/c1-17-6-12-20(13-7-17)35(33,34)28-14-4-5-22(28)24(30)26-21(25(31)32)15-18-8-10-19(11-9-18)16-23(29)27(2)3/h6-13,21-22H,4-5,14-16H2,1-3H3,(H,26,30)(H,31,32)/t21-,22-/m0/s1. The summed E-state index contributed by atoms with van der Waals surface area (Å²) in [5, 5.41) is 12.2. The summed E-state index contributed by atoms with van der Waals surface area (Å²) in [6, 6.07) is 11.2. The van der Waals surface area contributed by atoms with Gasteiger partial charge in [0.05, 0.1) is 11.3 Å². The van der Waals surface area contributed by atoms with Crippen molar-refractivity contribution < 1.29 is 27.9 Å². The maximum atomic E-state index is 13.1. The summed E-state index contributed by atoms with van der Waals surface area (Å²) in [5.74, 6) is -1.88. The molecule has 2 aromatic carbocycles. The third-order valence-electron chi connectivity index (χ3n) is 6.07. The Morgan fingerprint density at radius 1 is 1.06 bits per heavy atom. The minimum atomic E-state index is -3.89. The number of aryl methyl sites for hydroxylation is 1. The maximum absolute atomic E-state index is 13.1. The number of carbonyl (C=O) groups excluding carboxylic acids is 2. The van der Waals surface area contributed by atoms with Gasteiger partial charge >= 0.3 is 5.97 Å². The topological polar surface area (TPSA) is 124 Å². The highest BCUT2D eigenvalue weighted by Gasteiger charge is 2.40. The van der Waals surface area contributed by atoms with Gasteiger partial charge in [-0.05, 0) is 43.0 Å². The summed E-state index contributed by atoms with van der Waals surface area (Å²) < 4.78 is 27.4. The van der Waals surface area contributed by atoms with Crippen LogP contribution in [0, 0.1) is 6.92 Å². The SMILES string of the molecule is Cc1ccc(S(=O)(=O)N2CCC[C@H]2C(=O)N[C@@H](Cc2ccc(CC(=O)N(C)C)cc2)C(=O)O)cc1. The molecule has 0 bridgehead atoms. The fourth-order valence-corrected chi connectivity index (χ4v) is 5.62. The molecule has 1 fully saturated rings. The van der Waals surface area contributed by atoms with Gasteiger partial charge in [0.2, 0.25) is 21.8 Å². The van der Waals surface area contributed by atoms with Crippen LogP contribution in [0.3, 0.4) is 0 Å². The Morgan fingerprint density at radius 3 is 2.23 bits per heavy atom. The lowest BCUT2D eigenvalue weighted by Crippen LogP contribution is -2.51. The first-order chi connectivity index (χ1) is 16.5. The fraction of sp³-hybridized carbons (Fsp3) is 0.400. The van der Waals surface area contributed by atoms with E-state index >= 15 is 0 Å². The zero-order valence-electron chi connectivity index (χ0n) is 20.1. The molecule has 2 amide bonds. The van der Waals surface area contributed by atoms with Gasteiger partial charge in [0.15, 0.2) is 0 Å². The first-order valence-electron chi connectivity index (χ1n) is 11.4. The number of hydrogen-bond donors (Lipinski definition) is 2. The van der Waals surface area contributed by atoms with E-state index in [2.05, 4.69) is 5.32 Å². The van der Waals surface area contributed by atoms with Crippen LogP contribution in [0.5, 0.6) is 0 Å². The minimum absolute atomic E-state index is 0.0282. The second-order valence-corrected chi connectivity index (χ2v) is 10.9. The van der Waals surface area contributed by atoms with E-state index in [0.29, 0.717) is 18.4 Å². The van der Waals surface area contributed by atoms with Gasteiger partial charge in [0.25, 0.3) is 0 Å². The second kappa shape index (κ2) is 11.0. The molecule has 9 nitrogen and oxygen atoms in total. The number of hydrogen-bond acceptors (Lipinski definition) is 5. The lowest BCUT2D eigenvalue weighted by molar-refractivity contribution is -0.142. The fourth-order valence-electron chi connectivity index (χ4n) is 3.97. The van der Waals surface area contributed by atoms with E-state index in [9.17, 15) is 27.9 Å². The number of carboxylic acid groups (broad SMARTS) is 1. The number of nitrogens with one attached hydrogen (secondary N) is 1. The van der Waals surface area contributed by atoms with Gasteiger partial charge in [0.1, 0.15) is 12.1 Å². The molecule has 0 aromatic heterocycles. The van der Waals surface area contributed by atoms with Crippen molar-refractivity contribution in [1.82, 2.24) is 14.5 Å². The van der Waals surface area contributed by atoms with Crippen molar-refractivity contribution in [2.45, 2.75) is 49.6 Å². The van der Waals surface area contributed by atoms with Crippen molar-refractivity contribution in [1.29, 1.82) is 0 Å². The number of rotatable bonds is 9. The van der Waals surface area contributed by atoms with E-state index in [1.165, 1.54) is 17.0 Å². The van der Waals surface area contributed by atoms with E-state index in [1.807, 2.05) is 6.92 Å². The molecule has 1 saturated heterocycles. The average Bonchev–Trinajstić information content (AvgIpc) is 3.31. The number of carbonyl (C=O) groups is 3. The quantitative estimate of drug-likeness (QED) is 0.538. The van der Waals surface area contributed by atoms with Crippen molar-refractivity contribution in [3.05, 3.63) is 65.2 Å². The molecule has 0 radical (unpaired) electrons. The second-order valence-electron chi connectivity index (χ2n) is 8.97. The van der Waals surface area contributed by atoms with E-state index in [-0.39, 0.29) is 30.2 Å². The maximum Gasteiger partial charge on any atom is 0.326 e. The van der Waals surface area contributed by atoms with Crippen molar-refractivity contribution in [3.8, 4) is 0 Å². The molecule has 0 aliphatic carbocycles. The molecule has 2 atom stereocenters. The molecular formula is C25H31N3O6S. The smallest absolute Gasteiger partial charge is 0.326 e. The number of aliphatic carboxylic acids is 1. The van der Waals surface area contributed by atoms with E-state index in [1.54, 1.807) is 50.5 Å². The summed E-state index contributed by atoms with van der Waals surface area (Å²) in [4.78, 5) is 38.4. The normalized spacial score (nSPS) is 17.1. The third kappa shape index (κ3) is 6.46. The van der Waals surface area contributed by atoms with Crippen LogP contribution in [0.1, 0.15) is 29.5 Å². The molecule has 188 valence electrons. The van der Waals surface area contributed by atoms with Gasteiger partial charge < -0.3 is 15.3 Å². The number of amides is 2. The van der Waals surface area contributed by atoms with Crippen molar-refractivity contribution in [2.24, 2.45) is 0 Å². The zero-order valence-corrected chi connectivity index (χ0v) is 20.9. The molecule has 1 heterocycles. The van der Waals surface area contributed by atoms with Gasteiger partial charge in [-0.2, -0.15) is 4.31 Å². The highest BCUT2D eigenvalue weighted by molar-refractivity contribution is 7.89. The summed E-state index contributed by atoms with van der Waals surface area (Å²) in [7, 11) is -0.542. The van der Waals surface area contributed by atoms with Crippen molar-refractivity contribution in [3.63, 3.8) is 0 Å². The molecule has 35 heavy (non-hydrogen) atoms. The number of benzene rings is 2. The highest BCUT2D eigenvalue weighted by atomic mass is 32.2. The number of nitrogens with zero attached hydrogens (tertiary/aromatic N) is 2. The molecule has 2 N–H and O–H groups in total. The first kappa shape index (κ1) is 26.4. The first-order valence-corrected chi connectivity index (χ1v) is 12.8. The van der Waals surface area contributed by atoms with E-state index < -0.39 is 34.0 Å². The van der Waals surface area contributed by atoms with Crippen LogP contribution in [0.15, 0.2) is 53.4 Å². The Hall–Kier alpha value is -3.24. The predicted molar refractivity (Wildman–Crippen MR) is 130 cm³/mol. The average molecular weight is 502 g/mol. The van der Waals surface area contributed by atoms with Crippen molar-refractivity contribution in [2.75, 3.05) is 20.6 Å². The Bertz CT molecular complexity index is 1180. The van der Waals surface area contributed by atoms with Gasteiger partial charge in [0, 0.05) is 27.1 Å². The van der Waals surface area contributed by atoms with E-state index in [4.69, 9.17) is 0 Å². The van der Waals surface area contributed by atoms with Crippen LogP contribution in [0.2, 0.25) is 0 Å². The molecule has 0 saturated carbocycles. The monoisotopic (exact) mass is 501 g/mol. The molecule has 1 aliphatic rings. The molecule has 3 rings (SSSR count). The molecule has 10 heteroatoms. The largest absolute Gasteiger partial charge is 0.480 e. The molecule has 0 unspecified atom stereocenters. The third-order valence-corrected chi connectivity index (χ3v) is 7.99. The summed E-state index contributed by atoms with van der Waals surface area (Å²) in [5.41, 5.74) is 2.39. The van der Waals surface area contributed by atoms with Crippen LogP contribution < -0.4 is 5.32 Å². The lowest BCUT2D eigenvalue weighted by Gasteiger charge is -2.25. The van der Waals surface area contributed by atoms with Crippen LogP contribution in [-0.2, 0) is 37.2 Å². The molecular weight excluding hydrogens is 470 g/mol. The highest BCUT2D eigenvalue weighted by Crippen LogP contribution is 2.26. The summed E-state index contributed by atoms with van der Waals surface area (Å²) in [6.07, 6.45) is 1.09. The molecule has 0 spiro atoms. The van der Waals surface area contributed by atoms with Crippen LogP contribution in [0.25, 0.3) is 0 Å². The number of carboxylic acids is 1. The van der Waals surface area contributed by atoms with Gasteiger partial charge in [-0.3, -0.25) is 9.59 Å². The number of likely N-dealkylation sites (N-methyl/N-ethyl adjacent to an activating group) is 1. The Morgan fingerprint density at radius 2 is 1.66 bits per heavy atom. The Labute approximate surface area is 205 Å². The Kier molecular flexibility index (Phi) is 8.29. The lowest BCUT2D eigenvalue weighted by atomic mass is 10.0. The van der Waals surface area contributed by atoms with Gasteiger partial charge in [-0.15, -0.1) is 0 Å². The van der Waals surface area contributed by atoms with Gasteiger partial charge in [-0.25, -0.2) is 13.2 Å². The van der Waals surface area contributed by atoms with Gasteiger partial charge in [-0.1, -0.05) is 42.0 Å². The van der Waals surface area contributed by atoms with Crippen molar-refractivity contribution >= 4 is 27.8 Å². The number of sulfonamides is 1.